The first-order chi connectivity index (χ1) is 7.52. The zero-order chi connectivity index (χ0) is 12.1. The predicted molar refractivity (Wildman–Crippen MR) is 62.8 cm³/mol. The molecule has 5 nitrogen and oxygen atoms in total. The quantitative estimate of drug-likeness (QED) is 0.326. The van der Waals surface area contributed by atoms with Crippen LogP contribution < -0.4 is 11.1 Å². The maximum atomic E-state index is 11.4. The van der Waals surface area contributed by atoms with Crippen LogP contribution in [0.2, 0.25) is 5.02 Å². The molecular formula is C10H12ClN3O2. The number of amides is 1. The molecule has 0 aliphatic rings. The van der Waals surface area contributed by atoms with Gasteiger partial charge in [0.1, 0.15) is 5.84 Å². The highest BCUT2D eigenvalue weighted by atomic mass is 35.5. The van der Waals surface area contributed by atoms with Gasteiger partial charge in [0, 0.05) is 0 Å². The van der Waals surface area contributed by atoms with E-state index in [2.05, 4.69) is 10.5 Å². The van der Waals surface area contributed by atoms with E-state index in [-0.39, 0.29) is 18.2 Å². The fourth-order valence-electron chi connectivity index (χ4n) is 1.13. The molecule has 4 N–H and O–H groups in total. The van der Waals surface area contributed by atoms with Gasteiger partial charge in [-0.1, -0.05) is 22.8 Å². The lowest BCUT2D eigenvalue weighted by Gasteiger charge is -2.07. The number of carbonyl (C=O) groups is 1. The molecule has 86 valence electrons. The number of amidine groups is 1. The number of rotatable bonds is 3. The van der Waals surface area contributed by atoms with Crippen LogP contribution in [-0.2, 0) is 4.79 Å². The smallest absolute Gasteiger partial charge is 0.232 e. The van der Waals surface area contributed by atoms with Gasteiger partial charge in [-0.05, 0) is 24.6 Å². The number of anilines is 1. The molecular weight excluding hydrogens is 230 g/mol. The maximum absolute atomic E-state index is 11.4. The minimum absolute atomic E-state index is 0.152. The molecule has 0 heterocycles. The Morgan fingerprint density at radius 2 is 2.31 bits per heavy atom. The van der Waals surface area contributed by atoms with Crippen molar-refractivity contribution in [2.75, 3.05) is 5.32 Å². The molecule has 16 heavy (non-hydrogen) atoms. The zero-order valence-electron chi connectivity index (χ0n) is 8.70. The fraction of sp³-hybridized carbons (Fsp3) is 0.200. The third kappa shape index (κ3) is 3.43. The van der Waals surface area contributed by atoms with Crippen molar-refractivity contribution in [1.82, 2.24) is 0 Å². The Hall–Kier alpha value is -1.75. The van der Waals surface area contributed by atoms with E-state index in [9.17, 15) is 4.79 Å². The van der Waals surface area contributed by atoms with Gasteiger partial charge in [-0.15, -0.1) is 0 Å². The second kappa shape index (κ2) is 5.37. The lowest BCUT2D eigenvalue weighted by molar-refractivity contribution is -0.115. The maximum Gasteiger partial charge on any atom is 0.232 e. The van der Waals surface area contributed by atoms with E-state index >= 15 is 0 Å². The molecule has 0 unspecified atom stereocenters. The van der Waals surface area contributed by atoms with E-state index in [1.807, 2.05) is 13.0 Å². The summed E-state index contributed by atoms with van der Waals surface area (Å²) in [6.45, 7) is 1.88. The van der Waals surface area contributed by atoms with Crippen LogP contribution >= 0.6 is 11.6 Å². The first-order valence-electron chi connectivity index (χ1n) is 4.55. The summed E-state index contributed by atoms with van der Waals surface area (Å²) in [6, 6.07) is 5.27. The van der Waals surface area contributed by atoms with Crippen LogP contribution in [-0.4, -0.2) is 17.0 Å². The van der Waals surface area contributed by atoms with Gasteiger partial charge in [0.2, 0.25) is 5.91 Å². The molecule has 0 saturated carbocycles. The lowest BCUT2D eigenvalue weighted by Crippen LogP contribution is -2.22. The number of hydrogen-bond donors (Lipinski definition) is 3. The van der Waals surface area contributed by atoms with Crippen molar-refractivity contribution in [1.29, 1.82) is 0 Å². The highest BCUT2D eigenvalue weighted by Gasteiger charge is 2.08. The summed E-state index contributed by atoms with van der Waals surface area (Å²) >= 11 is 5.89. The molecule has 0 aliphatic heterocycles. The molecule has 1 aromatic carbocycles. The van der Waals surface area contributed by atoms with Crippen LogP contribution in [0, 0.1) is 6.92 Å². The van der Waals surface area contributed by atoms with Crippen LogP contribution in [0.5, 0.6) is 0 Å². The number of hydrogen-bond acceptors (Lipinski definition) is 3. The third-order valence-electron chi connectivity index (χ3n) is 1.87. The van der Waals surface area contributed by atoms with Gasteiger partial charge in [0.05, 0.1) is 17.1 Å². The molecule has 1 aromatic rings. The normalized spacial score (nSPS) is 11.2. The van der Waals surface area contributed by atoms with E-state index in [4.69, 9.17) is 22.5 Å². The van der Waals surface area contributed by atoms with E-state index in [1.165, 1.54) is 0 Å². The average molecular weight is 242 g/mol. The van der Waals surface area contributed by atoms with E-state index < -0.39 is 0 Å². The van der Waals surface area contributed by atoms with Gasteiger partial charge >= 0.3 is 0 Å². The second-order valence-corrected chi connectivity index (χ2v) is 3.71. The standard InChI is InChI=1S/C10H12ClN3O2/c1-6-2-3-7(11)8(4-6)13-10(15)5-9(12)14-16/h2-4,16H,5H2,1H3,(H2,12,14)(H,13,15). The number of nitrogens with one attached hydrogen (secondary N) is 1. The third-order valence-corrected chi connectivity index (χ3v) is 2.20. The SMILES string of the molecule is Cc1ccc(Cl)c(NC(=O)C/C(N)=N/O)c1. The average Bonchev–Trinajstić information content (AvgIpc) is 2.23. The van der Waals surface area contributed by atoms with Gasteiger partial charge < -0.3 is 16.3 Å². The number of nitrogens with zero attached hydrogens (tertiary/aromatic N) is 1. The topological polar surface area (TPSA) is 87.7 Å². The van der Waals surface area contributed by atoms with Crippen LogP contribution in [0.1, 0.15) is 12.0 Å². The van der Waals surface area contributed by atoms with Gasteiger partial charge in [0.15, 0.2) is 0 Å². The van der Waals surface area contributed by atoms with Crippen molar-refractivity contribution in [2.24, 2.45) is 10.9 Å². The lowest BCUT2D eigenvalue weighted by atomic mass is 10.2. The molecule has 0 saturated heterocycles. The summed E-state index contributed by atoms with van der Waals surface area (Å²) in [4.78, 5) is 11.4. The van der Waals surface area contributed by atoms with Crippen LogP contribution in [0.15, 0.2) is 23.4 Å². The number of nitrogens with two attached hydrogens (primary N) is 1. The Kier molecular flexibility index (Phi) is 4.13. The molecule has 0 fully saturated rings. The van der Waals surface area contributed by atoms with Gasteiger partial charge in [-0.2, -0.15) is 0 Å². The summed E-state index contributed by atoms with van der Waals surface area (Å²) < 4.78 is 0. The summed E-state index contributed by atoms with van der Waals surface area (Å²) in [7, 11) is 0. The Bertz CT molecular complexity index is 432. The van der Waals surface area contributed by atoms with Crippen LogP contribution in [0.3, 0.4) is 0 Å². The molecule has 0 aromatic heterocycles. The Morgan fingerprint density at radius 1 is 1.62 bits per heavy atom. The van der Waals surface area contributed by atoms with E-state index in [1.54, 1.807) is 12.1 Å². The van der Waals surface area contributed by atoms with Gasteiger partial charge in [-0.25, -0.2) is 0 Å². The monoisotopic (exact) mass is 241 g/mol. The van der Waals surface area contributed by atoms with Crippen molar-refractivity contribution in [3.05, 3.63) is 28.8 Å². The predicted octanol–water partition coefficient (Wildman–Crippen LogP) is 1.72. The van der Waals surface area contributed by atoms with E-state index in [0.717, 1.165) is 5.56 Å². The highest BCUT2D eigenvalue weighted by molar-refractivity contribution is 6.33. The first kappa shape index (κ1) is 12.3. The van der Waals surface area contributed by atoms with Gasteiger partial charge in [0.25, 0.3) is 0 Å². The summed E-state index contributed by atoms with van der Waals surface area (Å²) in [5.74, 6) is -0.538. The summed E-state index contributed by atoms with van der Waals surface area (Å²) in [6.07, 6.45) is -0.180. The van der Waals surface area contributed by atoms with Crippen molar-refractivity contribution in [3.8, 4) is 0 Å². The minimum Gasteiger partial charge on any atom is -0.409 e. The Labute approximate surface area is 97.9 Å². The second-order valence-electron chi connectivity index (χ2n) is 3.30. The molecule has 1 rings (SSSR count). The number of halogens is 1. The summed E-state index contributed by atoms with van der Waals surface area (Å²) in [5.41, 5.74) is 6.69. The van der Waals surface area contributed by atoms with Crippen LogP contribution in [0.4, 0.5) is 5.69 Å². The van der Waals surface area contributed by atoms with Crippen molar-refractivity contribution >= 4 is 29.0 Å². The number of oxime groups is 1. The van der Waals surface area contributed by atoms with Gasteiger partial charge in [-0.3, -0.25) is 4.79 Å². The van der Waals surface area contributed by atoms with Crippen molar-refractivity contribution in [3.63, 3.8) is 0 Å². The fourth-order valence-corrected chi connectivity index (χ4v) is 1.29. The molecule has 0 spiro atoms. The molecule has 0 atom stereocenters. The summed E-state index contributed by atoms with van der Waals surface area (Å²) in [5, 5.41) is 14.0. The van der Waals surface area contributed by atoms with Crippen LogP contribution in [0.25, 0.3) is 0 Å². The number of carbonyl (C=O) groups excluding carboxylic acids is 1. The molecule has 1 amide bonds. The molecule has 6 heteroatoms. The first-order valence-corrected chi connectivity index (χ1v) is 4.93. The van der Waals surface area contributed by atoms with Crippen molar-refractivity contribution < 1.29 is 10.0 Å². The zero-order valence-corrected chi connectivity index (χ0v) is 9.45. The van der Waals surface area contributed by atoms with Crippen molar-refractivity contribution in [2.45, 2.75) is 13.3 Å². The molecule has 0 bridgehead atoms. The van der Waals surface area contributed by atoms with E-state index in [0.29, 0.717) is 10.7 Å². The minimum atomic E-state index is -0.386. The molecule has 0 radical (unpaired) electrons. The molecule has 0 aliphatic carbocycles. The Balaban J connectivity index is 2.73. The number of benzene rings is 1. The number of aryl methyl sites for hydroxylation is 1. The highest BCUT2D eigenvalue weighted by Crippen LogP contribution is 2.22. The Morgan fingerprint density at radius 3 is 2.94 bits per heavy atom. The largest absolute Gasteiger partial charge is 0.409 e.